The molecule has 0 heterocycles. The first-order valence-corrected chi connectivity index (χ1v) is 6.44. The molecule has 0 saturated heterocycles. The van der Waals surface area contributed by atoms with Gasteiger partial charge in [0, 0.05) is 5.02 Å². The van der Waals surface area contributed by atoms with Gasteiger partial charge in [0.1, 0.15) is 17.7 Å². The minimum atomic E-state index is 0.102. The Kier molecular flexibility index (Phi) is 4.56. The monoisotopic (exact) mass is 278 g/mol. The summed E-state index contributed by atoms with van der Waals surface area (Å²) in [6.45, 7) is 0. The molecule has 20 heavy (non-hydrogen) atoms. The second-order valence-electron chi connectivity index (χ2n) is 4.33. The number of allylic oxidation sites excluding steroid dienone is 1. The van der Waals surface area contributed by atoms with Gasteiger partial charge >= 0.3 is 0 Å². The van der Waals surface area contributed by atoms with E-state index < -0.39 is 0 Å². The molecule has 0 N–H and O–H groups in total. The van der Waals surface area contributed by atoms with Gasteiger partial charge in [-0.25, -0.2) is 0 Å². The zero-order valence-corrected chi connectivity index (χ0v) is 11.4. The van der Waals surface area contributed by atoms with E-state index in [0.29, 0.717) is 0 Å². The van der Waals surface area contributed by atoms with E-state index in [1.54, 1.807) is 6.08 Å². The van der Waals surface area contributed by atoms with Crippen molar-refractivity contribution >= 4 is 17.7 Å². The Morgan fingerprint density at radius 2 is 1.65 bits per heavy atom. The fourth-order valence-electron chi connectivity index (χ4n) is 1.93. The predicted octanol–water partition coefficient (Wildman–Crippen LogP) is 4.36. The van der Waals surface area contributed by atoms with Gasteiger partial charge in [-0.05, 0) is 41.3 Å². The molecular formula is C17H11ClN2. The van der Waals surface area contributed by atoms with E-state index >= 15 is 0 Å². The van der Waals surface area contributed by atoms with Crippen molar-refractivity contribution in [1.82, 2.24) is 0 Å². The molecule has 0 aliphatic carbocycles. The van der Waals surface area contributed by atoms with Crippen LogP contribution in [0.15, 0.2) is 54.1 Å². The normalized spacial score (nSPS) is 9.35. The van der Waals surface area contributed by atoms with Gasteiger partial charge in [0.25, 0.3) is 0 Å². The maximum Gasteiger partial charge on any atom is 0.130 e. The number of hydrogen-bond acceptors (Lipinski definition) is 2. The average molecular weight is 279 g/mol. The fraction of sp³-hybridized carbons (Fsp3) is 0.0588. The number of benzene rings is 2. The molecule has 96 valence electrons. The van der Waals surface area contributed by atoms with Gasteiger partial charge in [0.15, 0.2) is 0 Å². The Bertz CT molecular complexity index is 717. The molecule has 2 rings (SSSR count). The van der Waals surface area contributed by atoms with Crippen LogP contribution in [-0.4, -0.2) is 0 Å². The lowest BCUT2D eigenvalue weighted by Crippen LogP contribution is -1.89. The van der Waals surface area contributed by atoms with E-state index in [-0.39, 0.29) is 5.57 Å². The molecule has 3 heteroatoms. The van der Waals surface area contributed by atoms with E-state index in [1.807, 2.05) is 60.7 Å². The predicted molar refractivity (Wildman–Crippen MR) is 79.9 cm³/mol. The van der Waals surface area contributed by atoms with Crippen LogP contribution < -0.4 is 0 Å². The summed E-state index contributed by atoms with van der Waals surface area (Å²) in [5.41, 5.74) is 3.18. The van der Waals surface area contributed by atoms with Crippen molar-refractivity contribution in [2.24, 2.45) is 0 Å². The molecule has 0 aliphatic heterocycles. The van der Waals surface area contributed by atoms with Gasteiger partial charge in [0.2, 0.25) is 0 Å². The fourth-order valence-corrected chi connectivity index (χ4v) is 2.14. The number of nitriles is 2. The molecular weight excluding hydrogens is 268 g/mol. The first kappa shape index (κ1) is 13.9. The van der Waals surface area contributed by atoms with Crippen LogP contribution in [0, 0.1) is 22.7 Å². The highest BCUT2D eigenvalue weighted by Gasteiger charge is 2.00. The number of rotatable bonds is 3. The summed E-state index contributed by atoms with van der Waals surface area (Å²) in [5, 5.41) is 18.3. The van der Waals surface area contributed by atoms with Crippen LogP contribution >= 0.6 is 11.6 Å². The molecule has 0 spiro atoms. The first-order chi connectivity index (χ1) is 9.71. The van der Waals surface area contributed by atoms with Crippen LogP contribution in [-0.2, 0) is 6.42 Å². The Balaban J connectivity index is 2.25. The Hall–Kier alpha value is -2.55. The smallest absolute Gasteiger partial charge is 0.130 e. The zero-order valence-electron chi connectivity index (χ0n) is 10.7. The highest BCUT2D eigenvalue weighted by molar-refractivity contribution is 6.30. The molecule has 0 atom stereocenters. The second-order valence-corrected chi connectivity index (χ2v) is 4.77. The maximum absolute atomic E-state index is 8.77. The third kappa shape index (κ3) is 3.72. The summed E-state index contributed by atoms with van der Waals surface area (Å²) in [5.74, 6) is 0. The van der Waals surface area contributed by atoms with Crippen molar-refractivity contribution in [2.45, 2.75) is 6.42 Å². The maximum atomic E-state index is 8.77. The molecule has 0 radical (unpaired) electrons. The van der Waals surface area contributed by atoms with E-state index in [1.165, 1.54) is 0 Å². The summed E-state index contributed by atoms with van der Waals surface area (Å²) in [7, 11) is 0. The van der Waals surface area contributed by atoms with Crippen molar-refractivity contribution in [3.8, 4) is 12.1 Å². The molecule has 0 bridgehead atoms. The Morgan fingerprint density at radius 3 is 2.30 bits per heavy atom. The van der Waals surface area contributed by atoms with Crippen LogP contribution in [0.3, 0.4) is 0 Å². The number of nitrogens with zero attached hydrogens (tertiary/aromatic N) is 2. The lowest BCUT2D eigenvalue weighted by molar-refractivity contribution is 1.19. The van der Waals surface area contributed by atoms with Crippen LogP contribution in [0.25, 0.3) is 6.08 Å². The second kappa shape index (κ2) is 6.57. The van der Waals surface area contributed by atoms with Crippen molar-refractivity contribution in [3.05, 3.63) is 75.8 Å². The van der Waals surface area contributed by atoms with E-state index in [9.17, 15) is 0 Å². The highest BCUT2D eigenvalue weighted by Crippen LogP contribution is 2.16. The lowest BCUT2D eigenvalue weighted by Gasteiger charge is -2.04. The third-order valence-corrected chi connectivity index (χ3v) is 3.04. The minimum absolute atomic E-state index is 0.102. The molecule has 0 saturated carbocycles. The van der Waals surface area contributed by atoms with Crippen molar-refractivity contribution in [2.75, 3.05) is 0 Å². The molecule has 2 aromatic rings. The van der Waals surface area contributed by atoms with Gasteiger partial charge in [-0.1, -0.05) is 48.0 Å². The van der Waals surface area contributed by atoms with Crippen LogP contribution in [0.5, 0.6) is 0 Å². The largest absolute Gasteiger partial charge is 0.192 e. The quantitative estimate of drug-likeness (QED) is 0.783. The van der Waals surface area contributed by atoms with Crippen LogP contribution in [0.2, 0.25) is 5.02 Å². The van der Waals surface area contributed by atoms with Gasteiger partial charge < -0.3 is 0 Å². The lowest BCUT2D eigenvalue weighted by atomic mass is 10.0. The van der Waals surface area contributed by atoms with Crippen molar-refractivity contribution < 1.29 is 0 Å². The summed E-state index contributed by atoms with van der Waals surface area (Å²) >= 11 is 5.97. The number of hydrogen-bond donors (Lipinski definition) is 0. The van der Waals surface area contributed by atoms with Crippen LogP contribution in [0.4, 0.5) is 0 Å². The summed E-state index contributed by atoms with van der Waals surface area (Å²) < 4.78 is 0. The van der Waals surface area contributed by atoms with Crippen LogP contribution in [0.1, 0.15) is 16.7 Å². The highest BCUT2D eigenvalue weighted by atomic mass is 35.5. The minimum Gasteiger partial charge on any atom is -0.192 e. The molecule has 2 aromatic carbocycles. The SMILES string of the molecule is N#CC(C#N)=Cc1cccc(Cc2cccc(Cl)c2)c1. The summed E-state index contributed by atoms with van der Waals surface area (Å²) in [6, 6.07) is 19.2. The third-order valence-electron chi connectivity index (χ3n) is 2.80. The molecule has 2 nitrogen and oxygen atoms in total. The van der Waals surface area contributed by atoms with Crippen molar-refractivity contribution in [1.29, 1.82) is 10.5 Å². The molecule has 0 unspecified atom stereocenters. The molecule has 0 fully saturated rings. The summed E-state index contributed by atoms with van der Waals surface area (Å²) in [4.78, 5) is 0. The molecule has 0 aliphatic rings. The average Bonchev–Trinajstić information content (AvgIpc) is 2.45. The van der Waals surface area contributed by atoms with Gasteiger partial charge in [-0.15, -0.1) is 0 Å². The van der Waals surface area contributed by atoms with Gasteiger partial charge in [-0.2, -0.15) is 10.5 Å². The van der Waals surface area contributed by atoms with Gasteiger partial charge in [-0.3, -0.25) is 0 Å². The Morgan fingerprint density at radius 1 is 1.00 bits per heavy atom. The van der Waals surface area contributed by atoms with E-state index in [0.717, 1.165) is 28.1 Å². The standard InChI is InChI=1S/C17H11ClN2/c18-17-6-2-5-15(10-17)8-13-3-1-4-14(7-13)9-16(11-19)12-20/h1-7,9-10H,8H2. The first-order valence-electron chi connectivity index (χ1n) is 6.06. The van der Waals surface area contributed by atoms with E-state index in [2.05, 4.69) is 0 Å². The summed E-state index contributed by atoms with van der Waals surface area (Å²) in [6.07, 6.45) is 2.35. The Labute approximate surface area is 123 Å². The zero-order chi connectivity index (χ0) is 14.4. The number of halogens is 1. The van der Waals surface area contributed by atoms with E-state index in [4.69, 9.17) is 22.1 Å². The topological polar surface area (TPSA) is 47.6 Å². The molecule has 0 aromatic heterocycles. The van der Waals surface area contributed by atoms with Gasteiger partial charge in [0.05, 0.1) is 0 Å². The van der Waals surface area contributed by atoms with Crippen molar-refractivity contribution in [3.63, 3.8) is 0 Å². The molecule has 0 amide bonds.